The van der Waals surface area contributed by atoms with E-state index >= 15 is 0 Å². The fourth-order valence-electron chi connectivity index (χ4n) is 3.16. The van der Waals surface area contributed by atoms with Crippen molar-refractivity contribution in [2.45, 2.75) is 24.2 Å². The average Bonchev–Trinajstić information content (AvgIpc) is 3.38. The van der Waals surface area contributed by atoms with E-state index in [1.165, 1.54) is 4.31 Å². The van der Waals surface area contributed by atoms with Crippen LogP contribution in [0.1, 0.15) is 23.9 Å². The number of hydrogen-bond acceptors (Lipinski definition) is 7. The monoisotopic (exact) mass is 400 g/mol. The van der Waals surface area contributed by atoms with Crippen molar-refractivity contribution in [1.29, 1.82) is 0 Å². The van der Waals surface area contributed by atoms with Crippen molar-refractivity contribution < 1.29 is 17.6 Å². The number of benzene rings is 1. The highest BCUT2D eigenvalue weighted by Gasteiger charge is 2.35. The lowest BCUT2D eigenvalue weighted by atomic mass is 10.1. The highest BCUT2D eigenvalue weighted by molar-refractivity contribution is 7.89. The van der Waals surface area contributed by atoms with Crippen LogP contribution in [0, 0.1) is 6.92 Å². The summed E-state index contributed by atoms with van der Waals surface area (Å²) in [5, 5.41) is 8.21. The van der Waals surface area contributed by atoms with E-state index in [9.17, 15) is 8.42 Å². The molecular weight excluding hydrogens is 380 g/mol. The van der Waals surface area contributed by atoms with Gasteiger partial charge in [0, 0.05) is 25.0 Å². The molecule has 4 rings (SSSR count). The minimum atomic E-state index is -3.58. The molecule has 1 aliphatic heterocycles. The highest BCUT2D eigenvalue weighted by Crippen LogP contribution is 2.32. The largest absolute Gasteiger partial charge is 0.497 e. The van der Waals surface area contributed by atoms with Crippen molar-refractivity contribution in [3.63, 3.8) is 0 Å². The average molecular weight is 400 g/mol. The van der Waals surface area contributed by atoms with Crippen LogP contribution in [-0.4, -0.2) is 48.1 Å². The molecule has 0 bridgehead atoms. The first-order chi connectivity index (χ1) is 13.5. The van der Waals surface area contributed by atoms with Crippen molar-refractivity contribution in [3.8, 4) is 17.2 Å². The van der Waals surface area contributed by atoms with Crippen molar-refractivity contribution >= 4 is 10.0 Å². The SMILES string of the molecule is COc1ccc(S(=O)(=O)N2CC[C@H](c3nnc(-c4ccc(C)nc4)o3)C2)cc1. The summed E-state index contributed by atoms with van der Waals surface area (Å²) in [5.41, 5.74) is 1.64. The van der Waals surface area contributed by atoms with Crippen molar-refractivity contribution in [2.75, 3.05) is 20.2 Å². The molecule has 1 fully saturated rings. The van der Waals surface area contributed by atoms with Gasteiger partial charge in [-0.05, 0) is 49.7 Å². The van der Waals surface area contributed by atoms with E-state index in [1.54, 1.807) is 37.6 Å². The van der Waals surface area contributed by atoms with Crippen LogP contribution in [0.25, 0.3) is 11.5 Å². The lowest BCUT2D eigenvalue weighted by molar-refractivity contribution is 0.414. The summed E-state index contributed by atoms with van der Waals surface area (Å²) in [4.78, 5) is 4.47. The second-order valence-electron chi connectivity index (χ2n) is 6.66. The van der Waals surface area contributed by atoms with Crippen LogP contribution >= 0.6 is 0 Å². The molecule has 0 radical (unpaired) electrons. The number of ether oxygens (including phenoxy) is 1. The number of aromatic nitrogens is 3. The third-order valence-electron chi connectivity index (χ3n) is 4.80. The maximum atomic E-state index is 12.9. The van der Waals surface area contributed by atoms with Crippen LogP contribution in [0.2, 0.25) is 0 Å². The number of aryl methyl sites for hydroxylation is 1. The molecule has 0 N–H and O–H groups in total. The summed E-state index contributed by atoms with van der Waals surface area (Å²) in [7, 11) is -2.04. The number of nitrogens with zero attached hydrogens (tertiary/aromatic N) is 4. The number of sulfonamides is 1. The molecule has 2 aromatic heterocycles. The van der Waals surface area contributed by atoms with Crippen LogP contribution in [-0.2, 0) is 10.0 Å². The third kappa shape index (κ3) is 3.50. The smallest absolute Gasteiger partial charge is 0.249 e. The zero-order valence-electron chi connectivity index (χ0n) is 15.6. The van der Waals surface area contributed by atoms with Crippen molar-refractivity contribution in [3.05, 3.63) is 54.2 Å². The van der Waals surface area contributed by atoms with E-state index in [2.05, 4.69) is 15.2 Å². The Balaban J connectivity index is 1.50. The molecule has 28 heavy (non-hydrogen) atoms. The van der Waals surface area contributed by atoms with E-state index < -0.39 is 10.0 Å². The van der Waals surface area contributed by atoms with Gasteiger partial charge in [-0.3, -0.25) is 4.98 Å². The highest BCUT2D eigenvalue weighted by atomic mass is 32.2. The fourth-order valence-corrected chi connectivity index (χ4v) is 4.66. The fraction of sp³-hybridized carbons (Fsp3) is 0.316. The quantitative estimate of drug-likeness (QED) is 0.649. The Morgan fingerprint density at radius 2 is 1.93 bits per heavy atom. The molecular formula is C19H20N4O4S. The summed E-state index contributed by atoms with van der Waals surface area (Å²) in [6.45, 7) is 2.62. The standard InChI is InChI=1S/C19H20N4O4S/c1-13-3-4-14(11-20-13)18-21-22-19(27-18)15-9-10-23(12-15)28(24,25)17-7-5-16(26-2)6-8-17/h3-8,11,15H,9-10,12H2,1-2H3/t15-/m0/s1. The minimum Gasteiger partial charge on any atom is -0.497 e. The molecule has 9 heteroatoms. The van der Waals surface area contributed by atoms with Gasteiger partial charge >= 0.3 is 0 Å². The molecule has 1 aliphatic rings. The summed E-state index contributed by atoms with van der Waals surface area (Å²) in [6.07, 6.45) is 2.31. The van der Waals surface area contributed by atoms with Crippen LogP contribution in [0.3, 0.4) is 0 Å². The first-order valence-electron chi connectivity index (χ1n) is 8.88. The second-order valence-corrected chi connectivity index (χ2v) is 8.60. The van der Waals surface area contributed by atoms with Gasteiger partial charge in [0.05, 0.1) is 23.5 Å². The molecule has 1 atom stereocenters. The minimum absolute atomic E-state index is 0.132. The van der Waals surface area contributed by atoms with Gasteiger partial charge in [-0.1, -0.05) is 0 Å². The van der Waals surface area contributed by atoms with E-state index in [4.69, 9.17) is 9.15 Å². The Hall–Kier alpha value is -2.78. The second kappa shape index (κ2) is 7.33. The van der Waals surface area contributed by atoms with Gasteiger partial charge in [0.1, 0.15) is 5.75 Å². The molecule has 3 heterocycles. The molecule has 0 unspecified atom stereocenters. The van der Waals surface area contributed by atoms with Crippen LogP contribution in [0.4, 0.5) is 0 Å². The molecule has 0 saturated carbocycles. The van der Waals surface area contributed by atoms with Crippen LogP contribution in [0.5, 0.6) is 5.75 Å². The van der Waals surface area contributed by atoms with Gasteiger partial charge in [-0.2, -0.15) is 4.31 Å². The zero-order chi connectivity index (χ0) is 19.7. The first kappa shape index (κ1) is 18.6. The predicted octanol–water partition coefficient (Wildman–Crippen LogP) is 2.63. The van der Waals surface area contributed by atoms with Gasteiger partial charge in [0.2, 0.25) is 21.8 Å². The Kier molecular flexibility index (Phi) is 4.86. The van der Waals surface area contributed by atoms with Crippen LogP contribution < -0.4 is 4.74 Å². The van der Waals surface area contributed by atoms with E-state index in [0.29, 0.717) is 37.0 Å². The maximum absolute atomic E-state index is 12.9. The summed E-state index contributed by atoms with van der Waals surface area (Å²) >= 11 is 0. The molecule has 3 aromatic rings. The third-order valence-corrected chi connectivity index (χ3v) is 6.68. The maximum Gasteiger partial charge on any atom is 0.249 e. The van der Waals surface area contributed by atoms with Crippen LogP contribution in [0.15, 0.2) is 51.9 Å². The van der Waals surface area contributed by atoms with E-state index in [1.807, 2.05) is 19.1 Å². The summed E-state index contributed by atoms with van der Waals surface area (Å²) in [6, 6.07) is 10.1. The zero-order valence-corrected chi connectivity index (χ0v) is 16.4. The Bertz CT molecular complexity index is 1060. The number of methoxy groups -OCH3 is 1. The molecule has 0 spiro atoms. The van der Waals surface area contributed by atoms with Gasteiger partial charge < -0.3 is 9.15 Å². The molecule has 0 amide bonds. The van der Waals surface area contributed by atoms with E-state index in [0.717, 1.165) is 11.3 Å². The predicted molar refractivity (Wildman–Crippen MR) is 101 cm³/mol. The normalized spacial score (nSPS) is 17.7. The summed E-state index contributed by atoms with van der Waals surface area (Å²) in [5.74, 6) is 1.32. The Morgan fingerprint density at radius 3 is 2.61 bits per heavy atom. The lowest BCUT2D eigenvalue weighted by Crippen LogP contribution is -2.28. The van der Waals surface area contributed by atoms with Crippen molar-refractivity contribution in [1.82, 2.24) is 19.5 Å². The van der Waals surface area contributed by atoms with Gasteiger partial charge in [-0.25, -0.2) is 8.42 Å². The first-order valence-corrected chi connectivity index (χ1v) is 10.3. The van der Waals surface area contributed by atoms with Gasteiger partial charge in [0.15, 0.2) is 0 Å². The number of pyridine rings is 1. The lowest BCUT2D eigenvalue weighted by Gasteiger charge is -2.16. The van der Waals surface area contributed by atoms with Gasteiger partial charge in [-0.15, -0.1) is 10.2 Å². The number of hydrogen-bond donors (Lipinski definition) is 0. The molecule has 1 aromatic carbocycles. The Morgan fingerprint density at radius 1 is 1.14 bits per heavy atom. The van der Waals surface area contributed by atoms with Gasteiger partial charge in [0.25, 0.3) is 0 Å². The summed E-state index contributed by atoms with van der Waals surface area (Å²) < 4.78 is 38.1. The molecule has 146 valence electrons. The Labute approximate surface area is 163 Å². The molecule has 1 saturated heterocycles. The topological polar surface area (TPSA) is 98.4 Å². The number of rotatable bonds is 5. The molecule has 8 nitrogen and oxygen atoms in total. The molecule has 0 aliphatic carbocycles. The van der Waals surface area contributed by atoms with Crippen molar-refractivity contribution in [2.24, 2.45) is 0 Å². The van der Waals surface area contributed by atoms with E-state index in [-0.39, 0.29) is 10.8 Å².